The number of benzene rings is 2. The van der Waals surface area contributed by atoms with E-state index >= 15 is 0 Å². The number of aryl methyl sites for hydroxylation is 2. The van der Waals surface area contributed by atoms with Crippen molar-refractivity contribution in [3.05, 3.63) is 70.7 Å². The van der Waals surface area contributed by atoms with Crippen molar-refractivity contribution in [1.82, 2.24) is 9.88 Å². The van der Waals surface area contributed by atoms with Gasteiger partial charge in [-0.1, -0.05) is 53.8 Å². The van der Waals surface area contributed by atoms with E-state index in [2.05, 4.69) is 4.98 Å². The average molecular weight is 464 g/mol. The summed E-state index contributed by atoms with van der Waals surface area (Å²) in [5.41, 5.74) is 1.81. The number of hydrogen-bond acceptors (Lipinski definition) is 6. The molecule has 0 N–H and O–H groups in total. The molecule has 3 heterocycles. The van der Waals surface area contributed by atoms with Crippen LogP contribution in [-0.4, -0.2) is 54.0 Å². The maximum absolute atomic E-state index is 13.1. The highest BCUT2D eigenvalue weighted by molar-refractivity contribution is 7.17. The Morgan fingerprint density at radius 3 is 2.67 bits per heavy atom. The van der Waals surface area contributed by atoms with Gasteiger partial charge in [0.2, 0.25) is 0 Å². The molecule has 33 heavy (non-hydrogen) atoms. The van der Waals surface area contributed by atoms with Crippen molar-refractivity contribution in [2.45, 2.75) is 25.9 Å². The highest BCUT2D eigenvalue weighted by Gasteiger charge is 2.35. The Labute approximate surface area is 196 Å². The normalized spacial score (nSPS) is 17.5. The SMILES string of the molecule is Cc1nc(N2CCN(CC3COc4ccccc4O3)C2=O)sc1C(=O)CCc1ccccc1. The van der Waals surface area contributed by atoms with Crippen LogP contribution >= 0.6 is 11.3 Å². The highest BCUT2D eigenvalue weighted by atomic mass is 32.1. The Morgan fingerprint density at radius 2 is 1.85 bits per heavy atom. The summed E-state index contributed by atoms with van der Waals surface area (Å²) >= 11 is 1.30. The highest BCUT2D eigenvalue weighted by Crippen LogP contribution is 2.33. The lowest BCUT2D eigenvalue weighted by Crippen LogP contribution is -2.42. The van der Waals surface area contributed by atoms with Crippen LogP contribution in [0.3, 0.4) is 0 Å². The van der Waals surface area contributed by atoms with Gasteiger partial charge in [-0.15, -0.1) is 0 Å². The van der Waals surface area contributed by atoms with E-state index in [0.29, 0.717) is 60.5 Å². The zero-order valence-corrected chi connectivity index (χ0v) is 19.2. The van der Waals surface area contributed by atoms with Gasteiger partial charge in [-0.05, 0) is 31.0 Å². The number of rotatable bonds is 7. The molecule has 0 spiro atoms. The summed E-state index contributed by atoms with van der Waals surface area (Å²) in [5.74, 6) is 1.49. The number of urea groups is 1. The predicted octanol–water partition coefficient (Wildman–Crippen LogP) is 4.35. The third kappa shape index (κ3) is 4.57. The smallest absolute Gasteiger partial charge is 0.326 e. The Kier molecular flexibility index (Phi) is 6.00. The number of ketones is 1. The molecule has 0 radical (unpaired) electrons. The van der Waals surface area contributed by atoms with Crippen LogP contribution in [0, 0.1) is 6.92 Å². The number of carbonyl (C=O) groups excluding carboxylic acids is 2. The number of para-hydroxylation sites is 2. The molecule has 1 fully saturated rings. The zero-order chi connectivity index (χ0) is 22.8. The van der Waals surface area contributed by atoms with Crippen molar-refractivity contribution in [3.63, 3.8) is 0 Å². The fourth-order valence-electron chi connectivity index (χ4n) is 4.10. The summed E-state index contributed by atoms with van der Waals surface area (Å²) in [5, 5.41) is 0.578. The van der Waals surface area contributed by atoms with Crippen LogP contribution in [0.25, 0.3) is 0 Å². The predicted molar refractivity (Wildman–Crippen MR) is 127 cm³/mol. The molecular formula is C25H25N3O4S. The summed E-state index contributed by atoms with van der Waals surface area (Å²) < 4.78 is 11.8. The molecule has 2 aromatic carbocycles. The van der Waals surface area contributed by atoms with Crippen LogP contribution < -0.4 is 14.4 Å². The second kappa shape index (κ2) is 9.23. The first-order valence-electron chi connectivity index (χ1n) is 11.1. The number of Topliss-reactive ketones (excluding diaryl/α,β-unsaturated/α-hetero) is 1. The molecule has 1 unspecified atom stereocenters. The number of thiazole rings is 1. The standard InChI is InChI=1S/C25H25N3O4S/c1-17-23(20(29)12-11-18-7-3-2-4-8-18)33-24(26-17)28-14-13-27(25(28)30)15-19-16-31-21-9-5-6-10-22(21)32-19/h2-10,19H,11-16H2,1H3. The molecule has 2 aliphatic rings. The molecule has 1 aromatic heterocycles. The van der Waals surface area contributed by atoms with E-state index in [1.165, 1.54) is 11.3 Å². The van der Waals surface area contributed by atoms with Gasteiger partial charge in [-0.2, -0.15) is 0 Å². The number of aromatic nitrogens is 1. The number of carbonyl (C=O) groups is 2. The van der Waals surface area contributed by atoms with E-state index in [9.17, 15) is 9.59 Å². The lowest BCUT2D eigenvalue weighted by Gasteiger charge is -2.29. The van der Waals surface area contributed by atoms with Gasteiger partial charge in [-0.3, -0.25) is 9.69 Å². The first-order chi connectivity index (χ1) is 16.1. The van der Waals surface area contributed by atoms with E-state index < -0.39 is 0 Å². The van der Waals surface area contributed by atoms with E-state index in [1.807, 2.05) is 61.5 Å². The zero-order valence-electron chi connectivity index (χ0n) is 18.4. The summed E-state index contributed by atoms with van der Waals surface area (Å²) in [6.07, 6.45) is 0.888. The summed E-state index contributed by atoms with van der Waals surface area (Å²) in [4.78, 5) is 34.5. The third-order valence-electron chi connectivity index (χ3n) is 5.84. The average Bonchev–Trinajstić information content (AvgIpc) is 3.40. The van der Waals surface area contributed by atoms with E-state index in [1.54, 1.807) is 9.80 Å². The second-order valence-corrected chi connectivity index (χ2v) is 9.18. The summed E-state index contributed by atoms with van der Waals surface area (Å²) in [6.45, 7) is 3.79. The van der Waals surface area contributed by atoms with Crippen LogP contribution in [0.15, 0.2) is 54.6 Å². The lowest BCUT2D eigenvalue weighted by atomic mass is 10.1. The van der Waals surface area contributed by atoms with Crippen molar-refractivity contribution < 1.29 is 19.1 Å². The Balaban J connectivity index is 1.21. The molecule has 3 aromatic rings. The van der Waals surface area contributed by atoms with Gasteiger partial charge < -0.3 is 14.4 Å². The van der Waals surface area contributed by atoms with Gasteiger partial charge in [-0.25, -0.2) is 9.78 Å². The van der Waals surface area contributed by atoms with E-state index in [4.69, 9.17) is 9.47 Å². The second-order valence-electron chi connectivity index (χ2n) is 8.20. The Bertz CT molecular complexity index is 1160. The van der Waals surface area contributed by atoms with Gasteiger partial charge in [0.05, 0.1) is 17.1 Å². The van der Waals surface area contributed by atoms with Gasteiger partial charge in [0.25, 0.3) is 0 Å². The quantitative estimate of drug-likeness (QED) is 0.487. The van der Waals surface area contributed by atoms with Crippen molar-refractivity contribution in [2.24, 2.45) is 0 Å². The van der Waals surface area contributed by atoms with Crippen molar-refractivity contribution in [2.75, 3.05) is 31.1 Å². The molecule has 170 valence electrons. The topological polar surface area (TPSA) is 72.0 Å². The van der Waals surface area contributed by atoms with E-state index in [-0.39, 0.29) is 17.9 Å². The molecular weight excluding hydrogens is 438 g/mol. The Hall–Kier alpha value is -3.39. The maximum Gasteiger partial charge on any atom is 0.326 e. The van der Waals surface area contributed by atoms with Crippen LogP contribution in [0.2, 0.25) is 0 Å². The lowest BCUT2D eigenvalue weighted by molar-refractivity contribution is 0.0713. The molecule has 5 rings (SSSR count). The fraction of sp³-hybridized carbons (Fsp3) is 0.320. The minimum Gasteiger partial charge on any atom is -0.486 e. The van der Waals surface area contributed by atoms with E-state index in [0.717, 1.165) is 11.3 Å². The first-order valence-corrected chi connectivity index (χ1v) is 11.9. The minimum atomic E-state index is -0.225. The molecule has 2 amide bonds. The van der Waals surface area contributed by atoms with Crippen LogP contribution in [0.5, 0.6) is 11.5 Å². The molecule has 2 aliphatic heterocycles. The minimum absolute atomic E-state index is 0.0648. The van der Waals surface area contributed by atoms with Crippen LogP contribution in [0.4, 0.5) is 9.93 Å². The van der Waals surface area contributed by atoms with Crippen LogP contribution in [0.1, 0.15) is 27.3 Å². The molecule has 1 atom stereocenters. The van der Waals surface area contributed by atoms with Crippen LogP contribution in [-0.2, 0) is 6.42 Å². The number of ether oxygens (including phenoxy) is 2. The Morgan fingerprint density at radius 1 is 1.09 bits per heavy atom. The van der Waals surface area contributed by atoms with Crippen molar-refractivity contribution in [1.29, 1.82) is 0 Å². The first kappa shape index (κ1) is 21.5. The monoisotopic (exact) mass is 463 g/mol. The number of fused-ring (bicyclic) bond motifs is 1. The van der Waals surface area contributed by atoms with Gasteiger partial charge in [0, 0.05) is 19.5 Å². The molecule has 8 heteroatoms. The largest absolute Gasteiger partial charge is 0.486 e. The molecule has 0 bridgehead atoms. The summed E-state index contributed by atoms with van der Waals surface area (Å²) in [6, 6.07) is 17.4. The van der Waals surface area contributed by atoms with Gasteiger partial charge >= 0.3 is 6.03 Å². The molecule has 0 saturated carbocycles. The van der Waals surface area contributed by atoms with Crippen molar-refractivity contribution >= 4 is 28.3 Å². The fourth-order valence-corrected chi connectivity index (χ4v) is 5.15. The number of anilines is 1. The molecule has 0 aliphatic carbocycles. The van der Waals surface area contributed by atoms with Crippen molar-refractivity contribution in [3.8, 4) is 11.5 Å². The molecule has 7 nitrogen and oxygen atoms in total. The summed E-state index contributed by atoms with van der Waals surface area (Å²) in [7, 11) is 0. The maximum atomic E-state index is 13.1. The van der Waals surface area contributed by atoms with Gasteiger partial charge in [0.1, 0.15) is 6.61 Å². The van der Waals surface area contributed by atoms with Gasteiger partial charge in [0.15, 0.2) is 28.5 Å². The third-order valence-corrected chi connectivity index (χ3v) is 7.06. The molecule has 1 saturated heterocycles. The number of amides is 2. The number of nitrogens with zero attached hydrogens (tertiary/aromatic N) is 3. The number of hydrogen-bond donors (Lipinski definition) is 0.